The molecular weight excluding hydrogens is 200 g/mol. The second-order valence-electron chi connectivity index (χ2n) is 4.45. The van der Waals surface area contributed by atoms with Crippen LogP contribution < -0.4 is 0 Å². The summed E-state index contributed by atoms with van der Waals surface area (Å²) in [6, 6.07) is 0. The van der Waals surface area contributed by atoms with Crippen molar-refractivity contribution in [1.82, 2.24) is 0 Å². The highest BCUT2D eigenvalue weighted by Crippen LogP contribution is 2.29. The van der Waals surface area contributed by atoms with Crippen molar-refractivity contribution < 1.29 is 9.47 Å². The van der Waals surface area contributed by atoms with E-state index in [-0.39, 0.29) is 6.10 Å². The lowest BCUT2D eigenvalue weighted by Crippen LogP contribution is -1.98. The Morgan fingerprint density at radius 2 is 1.94 bits per heavy atom. The predicted octanol–water partition coefficient (Wildman–Crippen LogP) is 3.87. The molecule has 1 rings (SSSR count). The van der Waals surface area contributed by atoms with Gasteiger partial charge in [0.15, 0.2) is 0 Å². The Bertz CT molecular complexity index is 180. The Labute approximate surface area is 100 Å². The predicted molar refractivity (Wildman–Crippen MR) is 67.1 cm³/mol. The molecule has 0 aromatic carbocycles. The molecule has 1 aliphatic heterocycles. The molecule has 1 aliphatic rings. The summed E-state index contributed by atoms with van der Waals surface area (Å²) in [5.74, 6) is 0. The molecule has 1 saturated heterocycles. The van der Waals surface area contributed by atoms with Crippen molar-refractivity contribution in [3.8, 4) is 0 Å². The normalized spacial score (nSPS) is 23.3. The van der Waals surface area contributed by atoms with E-state index in [0.29, 0.717) is 12.7 Å². The van der Waals surface area contributed by atoms with Gasteiger partial charge in [0.05, 0.1) is 12.7 Å². The van der Waals surface area contributed by atoms with Gasteiger partial charge in [0, 0.05) is 0 Å². The molecule has 1 heterocycles. The molecule has 0 aliphatic carbocycles. The molecule has 0 aromatic rings. The zero-order valence-electron chi connectivity index (χ0n) is 10.5. The number of rotatable bonds is 11. The molecule has 0 amide bonds. The molecule has 2 nitrogen and oxygen atoms in total. The van der Waals surface area contributed by atoms with E-state index in [0.717, 1.165) is 0 Å². The zero-order chi connectivity index (χ0) is 11.6. The molecule has 1 radical (unpaired) electrons. The Morgan fingerprint density at radius 1 is 1.19 bits per heavy atom. The van der Waals surface area contributed by atoms with Crippen LogP contribution in [-0.4, -0.2) is 18.8 Å². The third-order valence-corrected chi connectivity index (χ3v) is 2.91. The molecule has 0 spiro atoms. The van der Waals surface area contributed by atoms with Crippen LogP contribution in [0.1, 0.15) is 51.9 Å². The van der Waals surface area contributed by atoms with E-state index in [1.165, 1.54) is 44.9 Å². The Balaban J connectivity index is 1.80. The van der Waals surface area contributed by atoms with Crippen molar-refractivity contribution in [3.05, 3.63) is 19.3 Å². The number of ether oxygens (including phenoxy) is 2. The number of hydrogen-bond donors (Lipinski definition) is 0. The van der Waals surface area contributed by atoms with Gasteiger partial charge >= 0.3 is 0 Å². The summed E-state index contributed by atoms with van der Waals surface area (Å²) >= 11 is 0. The van der Waals surface area contributed by atoms with Crippen LogP contribution >= 0.6 is 0 Å². The van der Waals surface area contributed by atoms with E-state index in [2.05, 4.69) is 13.5 Å². The molecule has 2 unspecified atom stereocenters. The molecular formula is C14H25O2. The maximum absolute atomic E-state index is 5.48. The molecule has 1 fully saturated rings. The summed E-state index contributed by atoms with van der Waals surface area (Å²) in [5.41, 5.74) is 0. The van der Waals surface area contributed by atoms with E-state index < -0.39 is 0 Å². The summed E-state index contributed by atoms with van der Waals surface area (Å²) in [6.07, 6.45) is 11.7. The Morgan fingerprint density at radius 3 is 2.69 bits per heavy atom. The van der Waals surface area contributed by atoms with Gasteiger partial charge in [-0.25, -0.2) is 0 Å². The average Bonchev–Trinajstić information content (AvgIpc) is 3.03. The van der Waals surface area contributed by atoms with Gasteiger partial charge in [0.25, 0.3) is 0 Å². The van der Waals surface area contributed by atoms with Crippen molar-refractivity contribution in [2.24, 2.45) is 0 Å². The molecule has 93 valence electrons. The zero-order valence-corrected chi connectivity index (χ0v) is 10.5. The van der Waals surface area contributed by atoms with Crippen LogP contribution in [0.5, 0.6) is 0 Å². The fraction of sp³-hybridized carbons (Fsp3) is 0.786. The highest BCUT2D eigenvalue weighted by molar-refractivity contribution is 4.91. The largest absolute Gasteiger partial charge is 0.369 e. The fourth-order valence-electron chi connectivity index (χ4n) is 1.85. The molecule has 2 heteroatoms. The average molecular weight is 225 g/mol. The van der Waals surface area contributed by atoms with Crippen LogP contribution in [0.3, 0.4) is 0 Å². The van der Waals surface area contributed by atoms with Crippen LogP contribution in [-0.2, 0) is 9.47 Å². The van der Waals surface area contributed by atoms with Gasteiger partial charge < -0.3 is 9.47 Å². The van der Waals surface area contributed by atoms with Crippen molar-refractivity contribution in [2.75, 3.05) is 6.61 Å². The van der Waals surface area contributed by atoms with Crippen LogP contribution in [0, 0.1) is 6.61 Å². The third-order valence-electron chi connectivity index (χ3n) is 2.91. The monoisotopic (exact) mass is 225 g/mol. The first-order chi connectivity index (χ1) is 7.88. The number of epoxide rings is 1. The van der Waals surface area contributed by atoms with Gasteiger partial charge in [0.1, 0.15) is 12.7 Å². The lowest BCUT2D eigenvalue weighted by atomic mass is 10.1. The van der Waals surface area contributed by atoms with Gasteiger partial charge in [-0.2, -0.15) is 0 Å². The summed E-state index contributed by atoms with van der Waals surface area (Å²) in [4.78, 5) is 0. The maximum atomic E-state index is 5.48. The maximum Gasteiger partial charge on any atom is 0.115 e. The first-order valence-corrected chi connectivity index (χ1v) is 6.59. The van der Waals surface area contributed by atoms with Crippen LogP contribution in [0.15, 0.2) is 12.7 Å². The van der Waals surface area contributed by atoms with Gasteiger partial charge in [-0.3, -0.25) is 0 Å². The first kappa shape index (κ1) is 13.7. The van der Waals surface area contributed by atoms with E-state index in [1.807, 2.05) is 6.61 Å². The minimum atomic E-state index is 0.246. The number of hydrogen-bond acceptors (Lipinski definition) is 2. The van der Waals surface area contributed by atoms with Gasteiger partial charge in [0.2, 0.25) is 0 Å². The molecule has 0 N–H and O–H groups in total. The molecule has 0 bridgehead atoms. The third kappa shape index (κ3) is 6.29. The van der Waals surface area contributed by atoms with E-state index >= 15 is 0 Å². The van der Waals surface area contributed by atoms with E-state index in [4.69, 9.17) is 9.47 Å². The molecule has 0 aromatic heterocycles. The highest BCUT2D eigenvalue weighted by atomic mass is 16.6. The summed E-state index contributed by atoms with van der Waals surface area (Å²) < 4.78 is 10.7. The van der Waals surface area contributed by atoms with Crippen molar-refractivity contribution in [1.29, 1.82) is 0 Å². The van der Waals surface area contributed by atoms with Crippen molar-refractivity contribution in [3.63, 3.8) is 0 Å². The van der Waals surface area contributed by atoms with Crippen LogP contribution in [0.2, 0.25) is 0 Å². The quantitative estimate of drug-likeness (QED) is 0.302. The summed E-state index contributed by atoms with van der Waals surface area (Å²) in [6.45, 7) is 8.24. The van der Waals surface area contributed by atoms with Gasteiger partial charge in [-0.15, -0.1) is 6.58 Å². The number of unbranched alkanes of at least 4 members (excludes halogenated alkanes) is 5. The lowest BCUT2D eigenvalue weighted by molar-refractivity contribution is 0.204. The smallest absolute Gasteiger partial charge is 0.115 e. The molecule has 0 saturated carbocycles. The lowest BCUT2D eigenvalue weighted by Gasteiger charge is -1.99. The minimum Gasteiger partial charge on any atom is -0.369 e. The second kappa shape index (κ2) is 8.77. The molecule has 2 atom stereocenters. The van der Waals surface area contributed by atoms with E-state index in [1.54, 1.807) is 6.08 Å². The van der Waals surface area contributed by atoms with Gasteiger partial charge in [-0.05, 0) is 6.42 Å². The second-order valence-corrected chi connectivity index (χ2v) is 4.45. The van der Waals surface area contributed by atoms with E-state index in [9.17, 15) is 0 Å². The molecule has 16 heavy (non-hydrogen) atoms. The standard InChI is InChI=1S/C14H25O2/c1-3-5-6-7-8-9-10-13-14(16-13)12-15-11-4-2/h4,12-14H,2-3,5-11H2,1H3. The van der Waals surface area contributed by atoms with Crippen LogP contribution in [0.25, 0.3) is 0 Å². The van der Waals surface area contributed by atoms with Crippen molar-refractivity contribution >= 4 is 0 Å². The first-order valence-electron chi connectivity index (χ1n) is 6.59. The minimum absolute atomic E-state index is 0.246. The Kier molecular flexibility index (Phi) is 7.52. The highest BCUT2D eigenvalue weighted by Gasteiger charge is 2.38. The fourth-order valence-corrected chi connectivity index (χ4v) is 1.85. The van der Waals surface area contributed by atoms with Crippen molar-refractivity contribution in [2.45, 2.75) is 64.1 Å². The summed E-state index contributed by atoms with van der Waals surface area (Å²) in [5, 5.41) is 0. The Hall–Kier alpha value is -0.340. The van der Waals surface area contributed by atoms with Crippen LogP contribution in [0.4, 0.5) is 0 Å². The topological polar surface area (TPSA) is 21.8 Å². The SMILES string of the molecule is C=CCO[CH]C1OC1CCCCCCCC. The van der Waals surface area contributed by atoms with Gasteiger partial charge in [-0.1, -0.05) is 51.5 Å². The summed E-state index contributed by atoms with van der Waals surface area (Å²) in [7, 11) is 0.